The lowest BCUT2D eigenvalue weighted by Gasteiger charge is -2.07. The Morgan fingerprint density at radius 1 is 1.40 bits per heavy atom. The van der Waals surface area contributed by atoms with Crippen LogP contribution in [0.5, 0.6) is 0 Å². The molecule has 0 bridgehead atoms. The van der Waals surface area contributed by atoms with Gasteiger partial charge >= 0.3 is 0 Å². The van der Waals surface area contributed by atoms with Gasteiger partial charge in [-0.25, -0.2) is 4.98 Å². The number of nitrogens with one attached hydrogen (secondary N) is 1. The Kier molecular flexibility index (Phi) is 4.90. The summed E-state index contributed by atoms with van der Waals surface area (Å²) in [6.07, 6.45) is 5.16. The first-order chi connectivity index (χ1) is 9.70. The molecule has 3 N–H and O–H groups in total. The highest BCUT2D eigenvalue weighted by Gasteiger charge is 2.06. The van der Waals surface area contributed by atoms with Gasteiger partial charge < -0.3 is 15.6 Å². The zero-order valence-electron chi connectivity index (χ0n) is 11.7. The fraction of sp³-hybridized carbons (Fsp3) is 0.333. The number of benzene rings is 1. The molecule has 106 valence electrons. The van der Waals surface area contributed by atoms with E-state index in [1.54, 1.807) is 6.20 Å². The van der Waals surface area contributed by atoms with Gasteiger partial charge in [0.1, 0.15) is 5.82 Å². The third kappa shape index (κ3) is 3.68. The van der Waals surface area contributed by atoms with Crippen molar-refractivity contribution in [1.29, 1.82) is 0 Å². The van der Waals surface area contributed by atoms with Gasteiger partial charge in [-0.15, -0.1) is 0 Å². The van der Waals surface area contributed by atoms with E-state index in [0.29, 0.717) is 18.7 Å². The van der Waals surface area contributed by atoms with Crippen molar-refractivity contribution in [3.8, 4) is 0 Å². The second-order valence-corrected chi connectivity index (χ2v) is 4.70. The van der Waals surface area contributed by atoms with Gasteiger partial charge in [0.05, 0.1) is 0 Å². The van der Waals surface area contributed by atoms with Crippen molar-refractivity contribution in [3.05, 3.63) is 53.6 Å². The molecule has 5 nitrogen and oxygen atoms in total. The zero-order valence-corrected chi connectivity index (χ0v) is 11.7. The molecular formula is C15H20N4O. The van der Waals surface area contributed by atoms with Crippen molar-refractivity contribution in [2.24, 2.45) is 12.8 Å². The molecule has 5 heteroatoms. The lowest BCUT2D eigenvalue weighted by Crippen LogP contribution is -2.26. The van der Waals surface area contributed by atoms with Crippen LogP contribution in [0.4, 0.5) is 0 Å². The maximum atomic E-state index is 12.0. The van der Waals surface area contributed by atoms with Crippen molar-refractivity contribution in [1.82, 2.24) is 14.9 Å². The molecule has 0 aliphatic carbocycles. The van der Waals surface area contributed by atoms with Crippen LogP contribution in [0.3, 0.4) is 0 Å². The van der Waals surface area contributed by atoms with Gasteiger partial charge in [0, 0.05) is 38.0 Å². The number of carbonyl (C=O) groups is 1. The standard InChI is InChI=1S/C15H20N4O/c1-19-10-9-17-14(19)6-8-18-15(20)13-4-2-3-12(11-13)5-7-16/h2-4,9-11H,5-8,16H2,1H3,(H,18,20). The quantitative estimate of drug-likeness (QED) is 0.820. The molecule has 1 aromatic carbocycles. The summed E-state index contributed by atoms with van der Waals surface area (Å²) in [5.74, 6) is 0.903. The predicted molar refractivity (Wildman–Crippen MR) is 78.4 cm³/mol. The molecule has 0 atom stereocenters. The SMILES string of the molecule is Cn1ccnc1CCNC(=O)c1cccc(CCN)c1. The lowest BCUT2D eigenvalue weighted by atomic mass is 10.1. The van der Waals surface area contributed by atoms with E-state index in [-0.39, 0.29) is 5.91 Å². The summed E-state index contributed by atoms with van der Waals surface area (Å²) in [7, 11) is 1.94. The molecule has 0 radical (unpaired) electrons. The number of hydrogen-bond acceptors (Lipinski definition) is 3. The molecule has 2 rings (SSSR count). The van der Waals surface area contributed by atoms with E-state index in [0.717, 1.165) is 24.2 Å². The molecule has 20 heavy (non-hydrogen) atoms. The van der Waals surface area contributed by atoms with Gasteiger partial charge in [-0.1, -0.05) is 12.1 Å². The van der Waals surface area contributed by atoms with E-state index in [9.17, 15) is 4.79 Å². The van der Waals surface area contributed by atoms with Crippen LogP contribution in [-0.4, -0.2) is 28.5 Å². The number of nitrogens with two attached hydrogens (primary N) is 1. The molecule has 0 fully saturated rings. The largest absolute Gasteiger partial charge is 0.352 e. The number of aryl methyl sites for hydroxylation is 1. The van der Waals surface area contributed by atoms with E-state index in [1.165, 1.54) is 0 Å². The minimum atomic E-state index is -0.0573. The molecule has 0 aliphatic heterocycles. The number of nitrogens with zero attached hydrogens (tertiary/aromatic N) is 2. The Morgan fingerprint density at radius 2 is 2.25 bits per heavy atom. The Balaban J connectivity index is 1.88. The number of aromatic nitrogens is 2. The molecule has 1 aromatic heterocycles. The number of rotatable bonds is 6. The number of hydrogen-bond donors (Lipinski definition) is 2. The molecule has 0 unspecified atom stereocenters. The summed E-state index contributed by atoms with van der Waals surface area (Å²) in [5, 5.41) is 2.91. The molecule has 0 aliphatic rings. The first kappa shape index (κ1) is 14.3. The Bertz CT molecular complexity index is 577. The highest BCUT2D eigenvalue weighted by molar-refractivity contribution is 5.94. The van der Waals surface area contributed by atoms with Crippen LogP contribution in [0.2, 0.25) is 0 Å². The molecule has 0 saturated heterocycles. The Labute approximate surface area is 118 Å². The van der Waals surface area contributed by atoms with E-state index in [2.05, 4.69) is 10.3 Å². The van der Waals surface area contributed by atoms with Gasteiger partial charge in [0.2, 0.25) is 0 Å². The molecule has 1 heterocycles. The number of amides is 1. The van der Waals surface area contributed by atoms with Crippen LogP contribution in [-0.2, 0) is 19.9 Å². The van der Waals surface area contributed by atoms with Gasteiger partial charge in [0.15, 0.2) is 0 Å². The topological polar surface area (TPSA) is 72.9 Å². The van der Waals surface area contributed by atoms with Crippen molar-refractivity contribution in [2.45, 2.75) is 12.8 Å². The molecule has 1 amide bonds. The molecule has 0 saturated carbocycles. The molecular weight excluding hydrogens is 252 g/mol. The Morgan fingerprint density at radius 3 is 2.95 bits per heavy atom. The minimum Gasteiger partial charge on any atom is -0.352 e. The number of carbonyl (C=O) groups excluding carboxylic acids is 1. The summed E-state index contributed by atoms with van der Waals surface area (Å²) >= 11 is 0. The third-order valence-electron chi connectivity index (χ3n) is 3.18. The van der Waals surface area contributed by atoms with Crippen molar-refractivity contribution >= 4 is 5.91 Å². The second-order valence-electron chi connectivity index (χ2n) is 4.70. The van der Waals surface area contributed by atoms with Crippen LogP contribution in [0.25, 0.3) is 0 Å². The van der Waals surface area contributed by atoms with Crippen LogP contribution >= 0.6 is 0 Å². The maximum Gasteiger partial charge on any atom is 0.251 e. The van der Waals surface area contributed by atoms with Crippen molar-refractivity contribution in [2.75, 3.05) is 13.1 Å². The third-order valence-corrected chi connectivity index (χ3v) is 3.18. The van der Waals surface area contributed by atoms with E-state index >= 15 is 0 Å². The smallest absolute Gasteiger partial charge is 0.251 e. The van der Waals surface area contributed by atoms with Gasteiger partial charge in [-0.2, -0.15) is 0 Å². The average molecular weight is 272 g/mol. The summed E-state index contributed by atoms with van der Waals surface area (Å²) in [6, 6.07) is 7.58. The van der Waals surface area contributed by atoms with Crippen molar-refractivity contribution < 1.29 is 4.79 Å². The van der Waals surface area contributed by atoms with E-state index < -0.39 is 0 Å². The first-order valence-electron chi connectivity index (χ1n) is 6.74. The van der Waals surface area contributed by atoms with E-state index in [4.69, 9.17) is 5.73 Å². The zero-order chi connectivity index (χ0) is 14.4. The highest BCUT2D eigenvalue weighted by atomic mass is 16.1. The summed E-state index contributed by atoms with van der Waals surface area (Å²) in [6.45, 7) is 1.16. The summed E-state index contributed by atoms with van der Waals surface area (Å²) < 4.78 is 1.95. The van der Waals surface area contributed by atoms with Crippen LogP contribution < -0.4 is 11.1 Å². The number of imidazole rings is 1. The fourth-order valence-corrected chi connectivity index (χ4v) is 2.06. The average Bonchev–Trinajstić information content (AvgIpc) is 2.85. The lowest BCUT2D eigenvalue weighted by molar-refractivity contribution is 0.0954. The van der Waals surface area contributed by atoms with Crippen molar-refractivity contribution in [3.63, 3.8) is 0 Å². The summed E-state index contributed by atoms with van der Waals surface area (Å²) in [4.78, 5) is 16.3. The Hall–Kier alpha value is -2.14. The highest BCUT2D eigenvalue weighted by Crippen LogP contribution is 2.05. The normalized spacial score (nSPS) is 10.5. The second kappa shape index (κ2) is 6.86. The molecule has 0 spiro atoms. The predicted octanol–water partition coefficient (Wildman–Crippen LogP) is 0.894. The van der Waals surface area contributed by atoms with Crippen LogP contribution in [0.1, 0.15) is 21.7 Å². The van der Waals surface area contributed by atoms with Gasteiger partial charge in [-0.3, -0.25) is 4.79 Å². The molecule has 2 aromatic rings. The van der Waals surface area contributed by atoms with Gasteiger partial charge in [0.25, 0.3) is 5.91 Å². The summed E-state index contributed by atoms with van der Waals surface area (Å²) in [5.41, 5.74) is 7.29. The maximum absolute atomic E-state index is 12.0. The van der Waals surface area contributed by atoms with Crippen LogP contribution in [0.15, 0.2) is 36.7 Å². The van der Waals surface area contributed by atoms with Crippen LogP contribution in [0, 0.1) is 0 Å². The first-order valence-corrected chi connectivity index (χ1v) is 6.74. The monoisotopic (exact) mass is 272 g/mol. The fourth-order valence-electron chi connectivity index (χ4n) is 2.06. The van der Waals surface area contributed by atoms with E-state index in [1.807, 2.05) is 42.1 Å². The van der Waals surface area contributed by atoms with Gasteiger partial charge in [-0.05, 0) is 30.7 Å². The minimum absolute atomic E-state index is 0.0573.